The van der Waals surface area contributed by atoms with E-state index in [0.717, 1.165) is 26.2 Å². The van der Waals surface area contributed by atoms with Crippen LogP contribution in [0.5, 0.6) is 0 Å². The number of anilines is 1. The predicted octanol–water partition coefficient (Wildman–Crippen LogP) is -0.00614. The molecule has 6 heteroatoms. The van der Waals surface area contributed by atoms with E-state index in [-0.39, 0.29) is 0 Å². The van der Waals surface area contributed by atoms with Crippen molar-refractivity contribution in [3.05, 3.63) is 18.0 Å². The summed E-state index contributed by atoms with van der Waals surface area (Å²) in [5.74, 6) is 0.598. The van der Waals surface area contributed by atoms with E-state index >= 15 is 0 Å². The van der Waals surface area contributed by atoms with Crippen molar-refractivity contribution >= 4 is 5.95 Å². The highest BCUT2D eigenvalue weighted by molar-refractivity contribution is 5.34. The van der Waals surface area contributed by atoms with Crippen molar-refractivity contribution in [2.24, 2.45) is 0 Å². The third kappa shape index (κ3) is 2.68. The number of rotatable bonds is 2. The van der Waals surface area contributed by atoms with E-state index in [4.69, 9.17) is 10.5 Å². The van der Waals surface area contributed by atoms with Gasteiger partial charge in [0, 0.05) is 32.4 Å². The monoisotopic (exact) mass is 228 g/mol. The molecule has 1 aromatic heterocycles. The molecule has 1 aliphatic heterocycles. The van der Waals surface area contributed by atoms with E-state index in [1.54, 1.807) is 12.3 Å². The molecular formula is C11H12N6. The summed E-state index contributed by atoms with van der Waals surface area (Å²) in [6.07, 6.45) is 1.60. The number of nitriles is 2. The fraction of sp³-hybridized carbons (Fsp3) is 0.455. The zero-order chi connectivity index (χ0) is 12.1. The van der Waals surface area contributed by atoms with Gasteiger partial charge >= 0.3 is 0 Å². The van der Waals surface area contributed by atoms with Crippen molar-refractivity contribution in [2.45, 2.75) is 0 Å². The Morgan fingerprint density at radius 3 is 2.65 bits per heavy atom. The van der Waals surface area contributed by atoms with Gasteiger partial charge in [-0.05, 0) is 6.07 Å². The van der Waals surface area contributed by atoms with Gasteiger partial charge in [0.25, 0.3) is 0 Å². The van der Waals surface area contributed by atoms with E-state index in [0.29, 0.717) is 18.2 Å². The van der Waals surface area contributed by atoms with E-state index in [1.807, 2.05) is 11.0 Å². The Morgan fingerprint density at radius 1 is 1.24 bits per heavy atom. The summed E-state index contributed by atoms with van der Waals surface area (Å²) in [5, 5.41) is 17.4. The first-order chi connectivity index (χ1) is 8.33. The molecule has 1 aliphatic rings. The summed E-state index contributed by atoms with van der Waals surface area (Å²) >= 11 is 0. The quantitative estimate of drug-likeness (QED) is 0.662. The van der Waals surface area contributed by atoms with Crippen LogP contribution in [0.15, 0.2) is 12.3 Å². The van der Waals surface area contributed by atoms with Crippen molar-refractivity contribution in [3.8, 4) is 12.1 Å². The second-order valence-corrected chi connectivity index (χ2v) is 3.77. The molecule has 6 nitrogen and oxygen atoms in total. The molecule has 1 saturated heterocycles. The summed E-state index contributed by atoms with van der Waals surface area (Å²) in [7, 11) is 0. The first kappa shape index (κ1) is 11.3. The molecule has 0 unspecified atom stereocenters. The van der Waals surface area contributed by atoms with Crippen LogP contribution in [0.2, 0.25) is 0 Å². The van der Waals surface area contributed by atoms with Crippen molar-refractivity contribution in [3.63, 3.8) is 0 Å². The molecule has 0 N–H and O–H groups in total. The third-order valence-electron chi connectivity index (χ3n) is 2.71. The fourth-order valence-electron chi connectivity index (χ4n) is 1.77. The minimum atomic E-state index is 0.384. The molecule has 1 aromatic rings. The molecular weight excluding hydrogens is 216 g/mol. The molecule has 0 spiro atoms. The van der Waals surface area contributed by atoms with Crippen LogP contribution >= 0.6 is 0 Å². The van der Waals surface area contributed by atoms with Gasteiger partial charge in [0.1, 0.15) is 11.8 Å². The van der Waals surface area contributed by atoms with Crippen LogP contribution in [0.3, 0.4) is 0 Å². The third-order valence-corrected chi connectivity index (χ3v) is 2.71. The summed E-state index contributed by atoms with van der Waals surface area (Å²) in [6, 6.07) is 5.74. The van der Waals surface area contributed by atoms with Crippen LogP contribution < -0.4 is 4.90 Å². The van der Waals surface area contributed by atoms with E-state index < -0.39 is 0 Å². The Bertz CT molecular complexity index is 464. The number of piperazine rings is 1. The normalized spacial score (nSPS) is 16.2. The molecule has 0 aliphatic carbocycles. The van der Waals surface area contributed by atoms with Gasteiger partial charge in [-0.15, -0.1) is 0 Å². The van der Waals surface area contributed by atoms with E-state index in [2.05, 4.69) is 20.9 Å². The van der Waals surface area contributed by atoms with Gasteiger partial charge in [0.15, 0.2) is 0 Å². The lowest BCUT2D eigenvalue weighted by Crippen LogP contribution is -2.47. The van der Waals surface area contributed by atoms with Gasteiger partial charge in [-0.25, -0.2) is 9.97 Å². The van der Waals surface area contributed by atoms with Crippen molar-refractivity contribution in [1.29, 1.82) is 10.5 Å². The molecule has 0 aromatic carbocycles. The minimum absolute atomic E-state index is 0.384. The lowest BCUT2D eigenvalue weighted by atomic mass is 10.3. The van der Waals surface area contributed by atoms with Gasteiger partial charge in [-0.3, -0.25) is 4.90 Å². The van der Waals surface area contributed by atoms with Gasteiger partial charge < -0.3 is 4.90 Å². The standard InChI is InChI=1S/C11H12N6/c12-2-4-16-5-7-17(8-6-16)11-14-3-1-10(9-13)15-11/h1,3H,4-8H2. The Balaban J connectivity index is 2.01. The van der Waals surface area contributed by atoms with Gasteiger partial charge in [0.2, 0.25) is 5.95 Å². The van der Waals surface area contributed by atoms with Crippen molar-refractivity contribution < 1.29 is 0 Å². The van der Waals surface area contributed by atoms with E-state index in [1.165, 1.54) is 0 Å². The highest BCUT2D eigenvalue weighted by atomic mass is 15.3. The Hall–Kier alpha value is -2.18. The highest BCUT2D eigenvalue weighted by Crippen LogP contribution is 2.10. The molecule has 0 amide bonds. The smallest absolute Gasteiger partial charge is 0.226 e. The average Bonchev–Trinajstić information content (AvgIpc) is 2.40. The zero-order valence-corrected chi connectivity index (χ0v) is 9.37. The maximum absolute atomic E-state index is 8.77. The van der Waals surface area contributed by atoms with Crippen molar-refractivity contribution in [2.75, 3.05) is 37.6 Å². The second kappa shape index (κ2) is 5.24. The minimum Gasteiger partial charge on any atom is -0.338 e. The Kier molecular flexibility index (Phi) is 3.49. The first-order valence-electron chi connectivity index (χ1n) is 5.41. The van der Waals surface area contributed by atoms with Crippen LogP contribution in [0, 0.1) is 22.7 Å². The topological polar surface area (TPSA) is 79.8 Å². The number of hydrogen-bond donors (Lipinski definition) is 0. The summed E-state index contributed by atoms with van der Waals surface area (Å²) in [4.78, 5) is 12.4. The lowest BCUT2D eigenvalue weighted by molar-refractivity contribution is 0.285. The molecule has 86 valence electrons. The first-order valence-corrected chi connectivity index (χ1v) is 5.41. The molecule has 17 heavy (non-hydrogen) atoms. The fourth-order valence-corrected chi connectivity index (χ4v) is 1.77. The predicted molar refractivity (Wildman–Crippen MR) is 61.0 cm³/mol. The molecule has 2 rings (SSSR count). The Morgan fingerprint density at radius 2 is 2.00 bits per heavy atom. The van der Waals surface area contributed by atoms with Crippen molar-refractivity contribution in [1.82, 2.24) is 14.9 Å². The summed E-state index contributed by atoms with van der Waals surface area (Å²) in [5.41, 5.74) is 0.384. The lowest BCUT2D eigenvalue weighted by Gasteiger charge is -2.33. The van der Waals surface area contributed by atoms with Gasteiger partial charge in [-0.1, -0.05) is 0 Å². The molecule has 0 radical (unpaired) electrons. The average molecular weight is 228 g/mol. The summed E-state index contributed by atoms with van der Waals surface area (Å²) in [6.45, 7) is 3.70. The SMILES string of the molecule is N#CCN1CCN(c2nccc(C#N)n2)CC1. The van der Waals surface area contributed by atoms with Crippen LogP contribution in [-0.4, -0.2) is 47.6 Å². The summed E-state index contributed by atoms with van der Waals surface area (Å²) < 4.78 is 0. The van der Waals surface area contributed by atoms with Crippen LogP contribution in [0.4, 0.5) is 5.95 Å². The van der Waals surface area contributed by atoms with Crippen LogP contribution in [0.1, 0.15) is 5.69 Å². The molecule has 1 fully saturated rings. The number of nitrogens with zero attached hydrogens (tertiary/aromatic N) is 6. The highest BCUT2D eigenvalue weighted by Gasteiger charge is 2.18. The maximum atomic E-state index is 8.77. The van der Waals surface area contributed by atoms with Gasteiger partial charge in [-0.2, -0.15) is 10.5 Å². The molecule has 0 bridgehead atoms. The number of hydrogen-bond acceptors (Lipinski definition) is 6. The van der Waals surface area contributed by atoms with E-state index in [9.17, 15) is 0 Å². The van der Waals surface area contributed by atoms with Gasteiger partial charge in [0.05, 0.1) is 12.6 Å². The maximum Gasteiger partial charge on any atom is 0.226 e. The molecule has 0 atom stereocenters. The molecule has 0 saturated carbocycles. The second-order valence-electron chi connectivity index (χ2n) is 3.77. The van der Waals surface area contributed by atoms with Crippen LogP contribution in [-0.2, 0) is 0 Å². The number of aromatic nitrogens is 2. The van der Waals surface area contributed by atoms with Crippen LogP contribution in [0.25, 0.3) is 0 Å². The zero-order valence-electron chi connectivity index (χ0n) is 9.37. The Labute approximate surface area is 99.7 Å². The largest absolute Gasteiger partial charge is 0.338 e. The molecule has 2 heterocycles.